The van der Waals surface area contributed by atoms with Crippen LogP contribution in [-0.4, -0.2) is 5.88 Å². The van der Waals surface area contributed by atoms with Crippen LogP contribution in [0.2, 0.25) is 0 Å². The van der Waals surface area contributed by atoms with Crippen LogP contribution >= 0.6 is 11.8 Å². The molecule has 1 heterocycles. The zero-order chi connectivity index (χ0) is 11.8. The number of halogens is 4. The van der Waals surface area contributed by atoms with Crippen LogP contribution in [0.4, 0.5) is 17.6 Å². The van der Waals surface area contributed by atoms with Crippen LogP contribution in [0.1, 0.15) is 11.1 Å². The van der Waals surface area contributed by atoms with Gasteiger partial charge >= 0.3 is 6.18 Å². The molecule has 0 fully saturated rings. The van der Waals surface area contributed by atoms with E-state index >= 15 is 0 Å². The van der Waals surface area contributed by atoms with E-state index in [4.69, 9.17) is 0 Å². The van der Waals surface area contributed by atoms with Crippen LogP contribution in [0, 0.1) is 5.82 Å². The number of nitrogens with one attached hydrogen (secondary N) is 1. The second-order valence-electron chi connectivity index (χ2n) is 3.21. The molecule has 0 bridgehead atoms. The minimum Gasteiger partial charge on any atom is -0.375 e. The van der Waals surface area contributed by atoms with E-state index in [2.05, 4.69) is 5.32 Å². The summed E-state index contributed by atoms with van der Waals surface area (Å²) in [6, 6.07) is 2.54. The van der Waals surface area contributed by atoms with Crippen molar-refractivity contribution in [1.82, 2.24) is 5.32 Å². The Morgan fingerprint density at radius 1 is 1.25 bits per heavy atom. The normalized spacial score (nSPS) is 15.9. The minimum absolute atomic E-state index is 0.165. The Labute approximate surface area is 93.5 Å². The molecule has 0 spiro atoms. The second kappa shape index (κ2) is 4.01. The van der Waals surface area contributed by atoms with E-state index in [0.29, 0.717) is 17.6 Å². The molecule has 1 aliphatic rings. The average molecular weight is 249 g/mol. The minimum atomic E-state index is -4.51. The van der Waals surface area contributed by atoms with Gasteiger partial charge < -0.3 is 5.32 Å². The van der Waals surface area contributed by atoms with Crippen LogP contribution in [-0.2, 0) is 6.18 Å². The van der Waals surface area contributed by atoms with Crippen LogP contribution in [0.5, 0.6) is 0 Å². The van der Waals surface area contributed by atoms with E-state index in [0.717, 1.165) is 12.1 Å². The Hall–Kier alpha value is -1.17. The first-order chi connectivity index (χ1) is 7.48. The zero-order valence-electron chi connectivity index (χ0n) is 7.94. The monoisotopic (exact) mass is 249 g/mol. The number of benzene rings is 1. The third kappa shape index (κ3) is 2.16. The molecule has 1 nitrogen and oxygen atoms in total. The van der Waals surface area contributed by atoms with E-state index in [1.54, 1.807) is 5.41 Å². The highest BCUT2D eigenvalue weighted by Gasteiger charge is 2.31. The maximum absolute atomic E-state index is 13.4. The van der Waals surface area contributed by atoms with Crippen molar-refractivity contribution in [1.29, 1.82) is 0 Å². The first kappa shape index (κ1) is 11.3. The summed E-state index contributed by atoms with van der Waals surface area (Å²) in [7, 11) is 0. The van der Waals surface area contributed by atoms with E-state index in [1.807, 2.05) is 0 Å². The van der Waals surface area contributed by atoms with Gasteiger partial charge in [0.2, 0.25) is 0 Å². The third-order valence-electron chi connectivity index (χ3n) is 2.13. The standard InChI is InChI=1S/C10H7F4NS/c11-8-3-6(10(12,13)14)1-2-7(8)9-4-16-5-15-9/h1-4,15H,5H2. The molecular weight excluding hydrogens is 242 g/mol. The van der Waals surface area contributed by atoms with Crippen molar-refractivity contribution in [2.24, 2.45) is 0 Å². The number of hydrogen-bond acceptors (Lipinski definition) is 2. The van der Waals surface area contributed by atoms with Gasteiger partial charge in [-0.05, 0) is 23.6 Å². The fourth-order valence-electron chi connectivity index (χ4n) is 1.35. The molecule has 0 unspecified atom stereocenters. The van der Waals surface area contributed by atoms with Gasteiger partial charge in [0.1, 0.15) is 5.82 Å². The molecule has 86 valence electrons. The van der Waals surface area contributed by atoms with Crippen molar-refractivity contribution in [3.63, 3.8) is 0 Å². The summed E-state index contributed by atoms with van der Waals surface area (Å²) in [6.07, 6.45) is -4.51. The van der Waals surface area contributed by atoms with Gasteiger partial charge in [-0.2, -0.15) is 13.2 Å². The molecule has 2 rings (SSSR count). The van der Waals surface area contributed by atoms with Gasteiger partial charge in [-0.15, -0.1) is 11.8 Å². The molecule has 0 atom stereocenters. The summed E-state index contributed by atoms with van der Waals surface area (Å²) >= 11 is 1.43. The lowest BCUT2D eigenvalue weighted by Crippen LogP contribution is -2.09. The van der Waals surface area contributed by atoms with Crippen LogP contribution in [0.15, 0.2) is 23.6 Å². The molecule has 6 heteroatoms. The molecule has 0 radical (unpaired) electrons. The molecular formula is C10H7F4NS. The summed E-state index contributed by atoms with van der Waals surface area (Å²) in [5.74, 6) is -0.258. The first-order valence-corrected chi connectivity index (χ1v) is 5.46. The van der Waals surface area contributed by atoms with Crippen molar-refractivity contribution < 1.29 is 17.6 Å². The van der Waals surface area contributed by atoms with Gasteiger partial charge in [0.05, 0.1) is 17.1 Å². The van der Waals surface area contributed by atoms with E-state index in [-0.39, 0.29) is 5.56 Å². The Morgan fingerprint density at radius 2 is 2.00 bits per heavy atom. The second-order valence-corrected chi connectivity index (χ2v) is 4.07. The van der Waals surface area contributed by atoms with Crippen molar-refractivity contribution >= 4 is 17.5 Å². The van der Waals surface area contributed by atoms with Gasteiger partial charge in [0.25, 0.3) is 0 Å². The lowest BCUT2D eigenvalue weighted by atomic mass is 10.1. The highest BCUT2D eigenvalue weighted by atomic mass is 32.2. The largest absolute Gasteiger partial charge is 0.416 e. The highest BCUT2D eigenvalue weighted by molar-refractivity contribution is 8.02. The SMILES string of the molecule is Fc1cc(C(F)(F)F)ccc1C1=CSCN1. The molecule has 0 aromatic heterocycles. The van der Waals surface area contributed by atoms with Crippen molar-refractivity contribution in [3.8, 4) is 0 Å². The smallest absolute Gasteiger partial charge is 0.375 e. The quantitative estimate of drug-likeness (QED) is 0.765. The number of alkyl halides is 3. The van der Waals surface area contributed by atoms with Crippen LogP contribution < -0.4 is 5.32 Å². The summed E-state index contributed by atoms with van der Waals surface area (Å²) < 4.78 is 50.3. The fraction of sp³-hybridized carbons (Fsp3) is 0.200. The molecule has 16 heavy (non-hydrogen) atoms. The van der Waals surface area contributed by atoms with Crippen molar-refractivity contribution in [2.75, 3.05) is 5.88 Å². The van der Waals surface area contributed by atoms with E-state index in [1.165, 1.54) is 11.8 Å². The predicted octanol–water partition coefficient (Wildman–Crippen LogP) is 3.44. The van der Waals surface area contributed by atoms with Gasteiger partial charge in [-0.3, -0.25) is 0 Å². The summed E-state index contributed by atoms with van der Waals surface area (Å²) in [4.78, 5) is 0. The number of rotatable bonds is 1. The maximum atomic E-state index is 13.4. The molecule has 1 aromatic carbocycles. The van der Waals surface area contributed by atoms with E-state index < -0.39 is 17.6 Å². The lowest BCUT2D eigenvalue weighted by Gasteiger charge is -2.09. The lowest BCUT2D eigenvalue weighted by molar-refractivity contribution is -0.137. The van der Waals surface area contributed by atoms with Gasteiger partial charge in [0.15, 0.2) is 0 Å². The maximum Gasteiger partial charge on any atom is 0.416 e. The molecule has 1 N–H and O–H groups in total. The fourth-order valence-corrected chi connectivity index (χ4v) is 2.05. The van der Waals surface area contributed by atoms with Crippen molar-refractivity contribution in [3.05, 3.63) is 40.6 Å². The van der Waals surface area contributed by atoms with Gasteiger partial charge in [-0.1, -0.05) is 0 Å². The topological polar surface area (TPSA) is 12.0 Å². The third-order valence-corrected chi connectivity index (χ3v) is 2.85. The van der Waals surface area contributed by atoms with E-state index in [9.17, 15) is 17.6 Å². The van der Waals surface area contributed by atoms with Gasteiger partial charge in [-0.25, -0.2) is 4.39 Å². The predicted molar refractivity (Wildman–Crippen MR) is 55.0 cm³/mol. The Bertz CT molecular complexity index is 439. The van der Waals surface area contributed by atoms with Crippen LogP contribution in [0.25, 0.3) is 5.70 Å². The summed E-state index contributed by atoms with van der Waals surface area (Å²) in [5.41, 5.74) is -0.283. The summed E-state index contributed by atoms with van der Waals surface area (Å²) in [6.45, 7) is 0. The molecule has 0 amide bonds. The average Bonchev–Trinajstić information content (AvgIpc) is 2.69. The van der Waals surface area contributed by atoms with Crippen LogP contribution in [0.3, 0.4) is 0 Å². The zero-order valence-corrected chi connectivity index (χ0v) is 8.75. The Balaban J connectivity index is 2.37. The van der Waals surface area contributed by atoms with Gasteiger partial charge in [0, 0.05) is 5.56 Å². The number of hydrogen-bond donors (Lipinski definition) is 1. The highest BCUT2D eigenvalue weighted by Crippen LogP contribution is 2.32. The molecule has 0 saturated heterocycles. The summed E-state index contributed by atoms with van der Waals surface area (Å²) in [5, 5.41) is 4.56. The Kier molecular flexibility index (Phi) is 2.84. The van der Waals surface area contributed by atoms with Crippen molar-refractivity contribution in [2.45, 2.75) is 6.18 Å². The first-order valence-electron chi connectivity index (χ1n) is 4.41. The molecule has 1 aromatic rings. The molecule has 1 aliphatic heterocycles. The number of thioether (sulfide) groups is 1. The molecule has 0 saturated carbocycles. The Morgan fingerprint density at radius 3 is 2.50 bits per heavy atom. The molecule has 0 aliphatic carbocycles.